The molecular formula is C17H24O2. The predicted octanol–water partition coefficient (Wildman–Crippen LogP) is 4.15. The molecule has 0 amide bonds. The van der Waals surface area contributed by atoms with Gasteiger partial charge in [-0.3, -0.25) is 0 Å². The van der Waals surface area contributed by atoms with E-state index in [1.807, 2.05) is 43.3 Å². The third-order valence-electron chi connectivity index (χ3n) is 3.02. The molecule has 19 heavy (non-hydrogen) atoms. The molecule has 0 N–H and O–H groups in total. The molecule has 0 aromatic heterocycles. The topological polar surface area (TPSA) is 26.3 Å². The van der Waals surface area contributed by atoms with Crippen LogP contribution in [0.3, 0.4) is 0 Å². The van der Waals surface area contributed by atoms with Crippen molar-refractivity contribution in [1.29, 1.82) is 0 Å². The van der Waals surface area contributed by atoms with Crippen LogP contribution in [-0.4, -0.2) is 12.9 Å². The van der Waals surface area contributed by atoms with Gasteiger partial charge in [-0.25, -0.2) is 0 Å². The highest BCUT2D eigenvalue weighted by atomic mass is 16.5. The van der Waals surface area contributed by atoms with E-state index in [4.69, 9.17) is 4.74 Å². The van der Waals surface area contributed by atoms with Crippen molar-refractivity contribution in [1.82, 2.24) is 0 Å². The Balaban J connectivity index is 2.38. The van der Waals surface area contributed by atoms with Gasteiger partial charge in [0.05, 0.1) is 18.6 Å². The average Bonchev–Trinajstić information content (AvgIpc) is 2.45. The minimum absolute atomic E-state index is 0.425. The summed E-state index contributed by atoms with van der Waals surface area (Å²) in [4.78, 5) is 11.2. The van der Waals surface area contributed by atoms with Crippen LogP contribution in [0.4, 0.5) is 0 Å². The maximum Gasteiger partial charge on any atom is 0.131 e. The maximum atomic E-state index is 11.2. The van der Waals surface area contributed by atoms with Gasteiger partial charge in [0, 0.05) is 0 Å². The van der Waals surface area contributed by atoms with E-state index in [0.29, 0.717) is 13.2 Å². The lowest BCUT2D eigenvalue weighted by Crippen LogP contribution is -2.22. The van der Waals surface area contributed by atoms with Gasteiger partial charge in [-0.15, -0.1) is 0 Å². The average molecular weight is 260 g/mol. The van der Waals surface area contributed by atoms with Crippen molar-refractivity contribution in [2.24, 2.45) is 5.41 Å². The van der Waals surface area contributed by atoms with Crippen LogP contribution in [0.25, 0.3) is 0 Å². The number of ether oxygens (including phenoxy) is 1. The number of hydrogen-bond donors (Lipinski definition) is 0. The zero-order valence-corrected chi connectivity index (χ0v) is 12.0. The number of allylic oxidation sites excluding steroid dienone is 1. The van der Waals surface area contributed by atoms with Gasteiger partial charge in [0.25, 0.3) is 0 Å². The molecule has 2 heteroatoms. The minimum atomic E-state index is -0.511. The molecule has 0 saturated heterocycles. The van der Waals surface area contributed by atoms with Crippen molar-refractivity contribution in [2.75, 3.05) is 6.61 Å². The number of rotatable bonds is 9. The molecule has 104 valence electrons. The van der Waals surface area contributed by atoms with Crippen molar-refractivity contribution in [2.45, 2.75) is 39.7 Å². The fraction of sp³-hybridized carbons (Fsp3) is 0.471. The molecule has 1 atom stereocenters. The predicted molar refractivity (Wildman–Crippen MR) is 78.9 cm³/mol. The van der Waals surface area contributed by atoms with Crippen LogP contribution in [0, 0.1) is 5.41 Å². The smallest absolute Gasteiger partial charge is 0.131 e. The first kappa shape index (κ1) is 15.6. The van der Waals surface area contributed by atoms with Gasteiger partial charge in [0.2, 0.25) is 0 Å². The molecule has 1 rings (SSSR count). The molecule has 2 nitrogen and oxygen atoms in total. The maximum absolute atomic E-state index is 11.2. The summed E-state index contributed by atoms with van der Waals surface area (Å²) in [5.41, 5.74) is 0.619. The monoisotopic (exact) mass is 260 g/mol. The molecule has 0 fully saturated rings. The molecular weight excluding hydrogens is 236 g/mol. The van der Waals surface area contributed by atoms with E-state index in [1.165, 1.54) is 6.42 Å². The van der Waals surface area contributed by atoms with E-state index < -0.39 is 5.41 Å². The van der Waals surface area contributed by atoms with Crippen LogP contribution >= 0.6 is 0 Å². The fourth-order valence-corrected chi connectivity index (χ4v) is 1.76. The van der Waals surface area contributed by atoms with Crippen molar-refractivity contribution in [3.63, 3.8) is 0 Å². The standard InChI is InChI=1S/C17H24O2/c1-3-4-5-9-12-17(2,14-18)15-19-13-16-10-7-6-8-11-16/h6-12,14H,3-5,13,15H2,1-2H3/b12-9+/t17-/m1/s1. The number of carbonyl (C=O) groups excluding carboxylic acids is 1. The van der Waals surface area contributed by atoms with E-state index in [1.54, 1.807) is 0 Å². The van der Waals surface area contributed by atoms with E-state index >= 15 is 0 Å². The second kappa shape index (κ2) is 8.65. The third-order valence-corrected chi connectivity index (χ3v) is 3.02. The van der Waals surface area contributed by atoms with Crippen LogP contribution in [0.1, 0.15) is 38.7 Å². The van der Waals surface area contributed by atoms with E-state index in [-0.39, 0.29) is 0 Å². The zero-order valence-electron chi connectivity index (χ0n) is 12.0. The molecule has 0 aliphatic carbocycles. The molecule has 0 radical (unpaired) electrons. The highest BCUT2D eigenvalue weighted by Gasteiger charge is 2.19. The first-order chi connectivity index (χ1) is 9.20. The summed E-state index contributed by atoms with van der Waals surface area (Å²) in [5.74, 6) is 0. The molecule has 0 bridgehead atoms. The summed E-state index contributed by atoms with van der Waals surface area (Å²) in [5, 5.41) is 0. The Bertz CT molecular complexity index is 384. The molecule has 0 spiro atoms. The van der Waals surface area contributed by atoms with Gasteiger partial charge in [0.1, 0.15) is 6.29 Å². The zero-order chi connectivity index (χ0) is 14.0. The highest BCUT2D eigenvalue weighted by Crippen LogP contribution is 2.17. The Kier molecular flexibility index (Phi) is 7.12. The van der Waals surface area contributed by atoms with Gasteiger partial charge in [-0.1, -0.05) is 62.2 Å². The quantitative estimate of drug-likeness (QED) is 0.379. The Morgan fingerprint density at radius 2 is 2.00 bits per heavy atom. The number of hydrogen-bond acceptors (Lipinski definition) is 2. The van der Waals surface area contributed by atoms with Crippen LogP contribution in [0.5, 0.6) is 0 Å². The Morgan fingerprint density at radius 1 is 1.26 bits per heavy atom. The summed E-state index contributed by atoms with van der Waals surface area (Å²) in [6.07, 6.45) is 8.40. The molecule has 0 unspecified atom stereocenters. The summed E-state index contributed by atoms with van der Waals surface area (Å²) in [6, 6.07) is 10.0. The van der Waals surface area contributed by atoms with Gasteiger partial charge >= 0.3 is 0 Å². The largest absolute Gasteiger partial charge is 0.375 e. The van der Waals surface area contributed by atoms with Crippen LogP contribution in [0.15, 0.2) is 42.5 Å². The number of benzene rings is 1. The second-order valence-corrected chi connectivity index (χ2v) is 5.15. The number of aldehydes is 1. The molecule has 0 aliphatic heterocycles. The number of unbranched alkanes of at least 4 members (excludes halogenated alkanes) is 2. The summed E-state index contributed by atoms with van der Waals surface area (Å²) in [7, 11) is 0. The SMILES string of the molecule is CCCC/C=C/[C@](C)(C=O)COCc1ccccc1. The molecule has 1 aromatic carbocycles. The molecule has 0 saturated carbocycles. The van der Waals surface area contributed by atoms with Crippen molar-refractivity contribution in [3.05, 3.63) is 48.0 Å². The lowest BCUT2D eigenvalue weighted by Gasteiger charge is -2.18. The van der Waals surface area contributed by atoms with E-state index in [2.05, 4.69) is 13.0 Å². The van der Waals surface area contributed by atoms with E-state index in [0.717, 1.165) is 24.7 Å². The first-order valence-corrected chi connectivity index (χ1v) is 6.96. The minimum Gasteiger partial charge on any atom is -0.375 e. The van der Waals surface area contributed by atoms with Gasteiger partial charge in [-0.05, 0) is 18.9 Å². The lowest BCUT2D eigenvalue weighted by atomic mass is 9.93. The Hall–Kier alpha value is -1.41. The van der Waals surface area contributed by atoms with E-state index in [9.17, 15) is 4.79 Å². The van der Waals surface area contributed by atoms with Crippen LogP contribution < -0.4 is 0 Å². The molecule has 1 aromatic rings. The summed E-state index contributed by atoms with van der Waals surface area (Å²) >= 11 is 0. The first-order valence-electron chi connectivity index (χ1n) is 6.96. The molecule has 0 aliphatic rings. The molecule has 0 heterocycles. The van der Waals surface area contributed by atoms with Crippen LogP contribution in [0.2, 0.25) is 0 Å². The third kappa shape index (κ3) is 6.35. The highest BCUT2D eigenvalue weighted by molar-refractivity contribution is 5.62. The normalized spacial score (nSPS) is 14.4. The van der Waals surface area contributed by atoms with Gasteiger partial charge in [-0.2, -0.15) is 0 Å². The van der Waals surface area contributed by atoms with Gasteiger partial charge in [0.15, 0.2) is 0 Å². The van der Waals surface area contributed by atoms with Crippen molar-refractivity contribution in [3.8, 4) is 0 Å². The lowest BCUT2D eigenvalue weighted by molar-refractivity contribution is -0.116. The fourth-order valence-electron chi connectivity index (χ4n) is 1.76. The summed E-state index contributed by atoms with van der Waals surface area (Å²) < 4.78 is 5.65. The Labute approximate surface area is 116 Å². The van der Waals surface area contributed by atoms with Gasteiger partial charge < -0.3 is 9.53 Å². The number of carbonyl (C=O) groups is 1. The van der Waals surface area contributed by atoms with Crippen LogP contribution in [-0.2, 0) is 16.1 Å². The van der Waals surface area contributed by atoms with Crippen molar-refractivity contribution < 1.29 is 9.53 Å². The Morgan fingerprint density at radius 3 is 2.63 bits per heavy atom. The summed E-state index contributed by atoms with van der Waals surface area (Å²) in [6.45, 7) is 5.05. The second-order valence-electron chi connectivity index (χ2n) is 5.15. The van der Waals surface area contributed by atoms with Crippen molar-refractivity contribution >= 4 is 6.29 Å².